The predicted octanol–water partition coefficient (Wildman–Crippen LogP) is 3.72. The molecule has 0 aliphatic heterocycles. The summed E-state index contributed by atoms with van der Waals surface area (Å²) >= 11 is 1.16. The van der Waals surface area contributed by atoms with Crippen LogP contribution in [0, 0.1) is 13.8 Å². The number of nitrogens with zero attached hydrogens (tertiary/aromatic N) is 3. The number of carbonyl (C=O) groups excluding carboxylic acids is 2. The van der Waals surface area contributed by atoms with Crippen molar-refractivity contribution in [3.05, 3.63) is 58.4 Å². The first-order valence-electron chi connectivity index (χ1n) is 8.59. The Morgan fingerprint density at radius 1 is 1.11 bits per heavy atom. The van der Waals surface area contributed by atoms with Gasteiger partial charge in [0, 0.05) is 11.9 Å². The van der Waals surface area contributed by atoms with E-state index in [1.54, 1.807) is 32.9 Å². The Bertz CT molecular complexity index is 1000. The highest BCUT2D eigenvalue weighted by atomic mass is 32.1. The number of hydrogen-bond acceptors (Lipinski definition) is 8. The Labute approximate surface area is 166 Å². The molecule has 0 aliphatic carbocycles. The summed E-state index contributed by atoms with van der Waals surface area (Å²) in [5, 5.41) is 6.24. The van der Waals surface area contributed by atoms with Crippen LogP contribution < -0.4 is 10.6 Å². The smallest absolute Gasteiger partial charge is 0.350 e. The van der Waals surface area contributed by atoms with Crippen molar-refractivity contribution in [2.45, 2.75) is 20.8 Å². The van der Waals surface area contributed by atoms with Gasteiger partial charge in [-0.1, -0.05) is 29.5 Å². The van der Waals surface area contributed by atoms with Crippen LogP contribution in [0.15, 0.2) is 36.5 Å². The molecule has 1 aromatic carbocycles. The lowest BCUT2D eigenvalue weighted by Gasteiger charge is -2.08. The van der Waals surface area contributed by atoms with Crippen LogP contribution in [0.5, 0.6) is 0 Å². The van der Waals surface area contributed by atoms with Gasteiger partial charge in [0.15, 0.2) is 5.13 Å². The fraction of sp³-hybridized carbons (Fsp3) is 0.211. The summed E-state index contributed by atoms with van der Waals surface area (Å²) in [5.41, 5.74) is 2.15. The normalized spacial score (nSPS) is 10.4. The number of aryl methyl sites for hydroxylation is 2. The molecule has 144 valence electrons. The van der Waals surface area contributed by atoms with Crippen molar-refractivity contribution in [2.24, 2.45) is 0 Å². The van der Waals surface area contributed by atoms with Gasteiger partial charge in [-0.25, -0.2) is 19.7 Å². The molecule has 0 radical (unpaired) electrons. The molecule has 9 heteroatoms. The summed E-state index contributed by atoms with van der Waals surface area (Å²) in [6.07, 6.45) is 1.45. The van der Waals surface area contributed by atoms with E-state index < -0.39 is 5.97 Å². The highest BCUT2D eigenvalue weighted by Crippen LogP contribution is 2.25. The Hall–Kier alpha value is -3.33. The van der Waals surface area contributed by atoms with Crippen molar-refractivity contribution in [3.8, 4) is 0 Å². The number of thiazole rings is 1. The molecule has 8 nitrogen and oxygen atoms in total. The summed E-state index contributed by atoms with van der Waals surface area (Å²) in [4.78, 5) is 37.5. The lowest BCUT2D eigenvalue weighted by Crippen LogP contribution is -2.15. The number of benzene rings is 1. The van der Waals surface area contributed by atoms with Gasteiger partial charge in [-0.15, -0.1) is 0 Å². The maximum Gasteiger partial charge on any atom is 0.350 e. The number of carbonyl (C=O) groups is 2. The SMILES string of the molecule is CCOC(=O)c1sc(Nc2ncc(C(=O)Nc3ccccc3)c(C)n2)nc1C. The summed E-state index contributed by atoms with van der Waals surface area (Å²) in [6.45, 7) is 5.51. The molecule has 0 saturated heterocycles. The van der Waals surface area contributed by atoms with Crippen molar-refractivity contribution < 1.29 is 14.3 Å². The van der Waals surface area contributed by atoms with Crippen LogP contribution in [0.1, 0.15) is 38.3 Å². The first-order valence-corrected chi connectivity index (χ1v) is 9.41. The number of para-hydroxylation sites is 1. The van der Waals surface area contributed by atoms with Crippen LogP contribution in [0.3, 0.4) is 0 Å². The quantitative estimate of drug-likeness (QED) is 0.611. The average Bonchev–Trinajstić information content (AvgIpc) is 3.03. The van der Waals surface area contributed by atoms with Crippen LogP contribution in [0.25, 0.3) is 0 Å². The zero-order chi connectivity index (χ0) is 20.1. The van der Waals surface area contributed by atoms with Gasteiger partial charge in [0.05, 0.1) is 23.6 Å². The molecule has 0 fully saturated rings. The number of rotatable bonds is 6. The fourth-order valence-corrected chi connectivity index (χ4v) is 3.26. The number of hydrogen-bond donors (Lipinski definition) is 2. The third-order valence-corrected chi connectivity index (χ3v) is 4.78. The maximum atomic E-state index is 12.4. The third kappa shape index (κ3) is 4.49. The van der Waals surface area contributed by atoms with Gasteiger partial charge in [0.2, 0.25) is 5.95 Å². The second-order valence-electron chi connectivity index (χ2n) is 5.79. The minimum Gasteiger partial charge on any atom is -0.462 e. The summed E-state index contributed by atoms with van der Waals surface area (Å²) < 4.78 is 5.01. The molecule has 0 atom stereocenters. The molecule has 0 bridgehead atoms. The predicted molar refractivity (Wildman–Crippen MR) is 107 cm³/mol. The number of nitrogens with one attached hydrogen (secondary N) is 2. The van der Waals surface area contributed by atoms with Crippen LogP contribution >= 0.6 is 11.3 Å². The van der Waals surface area contributed by atoms with E-state index in [0.717, 1.165) is 11.3 Å². The third-order valence-electron chi connectivity index (χ3n) is 3.73. The van der Waals surface area contributed by atoms with E-state index in [2.05, 4.69) is 25.6 Å². The van der Waals surface area contributed by atoms with E-state index in [4.69, 9.17) is 4.74 Å². The molecule has 2 heterocycles. The number of amides is 1. The standard InChI is InChI=1S/C19H19N5O3S/c1-4-27-17(26)15-12(3)22-19(28-15)24-18-20-10-14(11(2)21-18)16(25)23-13-8-6-5-7-9-13/h5-10H,4H2,1-3H3,(H,23,25)(H,20,21,22,24). The van der Waals surface area contributed by atoms with Gasteiger partial charge in [-0.2, -0.15) is 0 Å². The number of anilines is 3. The minimum atomic E-state index is -0.407. The maximum absolute atomic E-state index is 12.4. The monoisotopic (exact) mass is 397 g/mol. The second-order valence-corrected chi connectivity index (χ2v) is 6.79. The minimum absolute atomic E-state index is 0.287. The van der Waals surface area contributed by atoms with Crippen LogP contribution in [0.2, 0.25) is 0 Å². The van der Waals surface area contributed by atoms with Crippen molar-refractivity contribution in [2.75, 3.05) is 17.2 Å². The Balaban J connectivity index is 1.73. The van der Waals surface area contributed by atoms with Crippen molar-refractivity contribution >= 4 is 40.0 Å². The van der Waals surface area contributed by atoms with E-state index in [-0.39, 0.29) is 11.9 Å². The number of esters is 1. The van der Waals surface area contributed by atoms with Gasteiger partial charge in [-0.05, 0) is 32.9 Å². The Morgan fingerprint density at radius 2 is 1.86 bits per heavy atom. The van der Waals surface area contributed by atoms with E-state index in [0.29, 0.717) is 39.3 Å². The Morgan fingerprint density at radius 3 is 2.54 bits per heavy atom. The van der Waals surface area contributed by atoms with Crippen LogP contribution in [0.4, 0.5) is 16.8 Å². The largest absolute Gasteiger partial charge is 0.462 e. The molecular weight excluding hydrogens is 378 g/mol. The summed E-state index contributed by atoms with van der Waals surface area (Å²) in [6, 6.07) is 9.16. The van der Waals surface area contributed by atoms with E-state index >= 15 is 0 Å². The molecule has 0 spiro atoms. The molecule has 1 amide bonds. The molecule has 28 heavy (non-hydrogen) atoms. The summed E-state index contributed by atoms with van der Waals surface area (Å²) in [5.74, 6) is -0.404. The van der Waals surface area contributed by atoms with Gasteiger partial charge in [0.25, 0.3) is 5.91 Å². The molecule has 0 aliphatic rings. The average molecular weight is 397 g/mol. The molecule has 2 aromatic heterocycles. The lowest BCUT2D eigenvalue weighted by molar-refractivity contribution is 0.0531. The van der Waals surface area contributed by atoms with E-state index in [1.165, 1.54) is 6.20 Å². The zero-order valence-corrected chi connectivity index (χ0v) is 16.5. The van der Waals surface area contributed by atoms with Crippen LogP contribution in [-0.2, 0) is 4.74 Å². The number of aromatic nitrogens is 3. The topological polar surface area (TPSA) is 106 Å². The fourth-order valence-electron chi connectivity index (χ4n) is 2.40. The molecule has 3 aromatic rings. The Kier molecular flexibility index (Phi) is 5.95. The van der Waals surface area contributed by atoms with Crippen LogP contribution in [-0.4, -0.2) is 33.4 Å². The second kappa shape index (κ2) is 8.57. The summed E-state index contributed by atoms with van der Waals surface area (Å²) in [7, 11) is 0. The van der Waals surface area contributed by atoms with Crippen molar-refractivity contribution in [1.82, 2.24) is 15.0 Å². The van der Waals surface area contributed by atoms with Gasteiger partial charge >= 0.3 is 5.97 Å². The van der Waals surface area contributed by atoms with Crippen molar-refractivity contribution in [3.63, 3.8) is 0 Å². The highest BCUT2D eigenvalue weighted by molar-refractivity contribution is 7.17. The lowest BCUT2D eigenvalue weighted by atomic mass is 10.2. The number of ether oxygens (including phenoxy) is 1. The first-order chi connectivity index (χ1) is 13.5. The van der Waals surface area contributed by atoms with E-state index in [9.17, 15) is 9.59 Å². The molecule has 0 saturated carbocycles. The van der Waals surface area contributed by atoms with Gasteiger partial charge in [-0.3, -0.25) is 4.79 Å². The first kappa shape index (κ1) is 19.4. The molecule has 3 rings (SSSR count). The van der Waals surface area contributed by atoms with E-state index in [1.807, 2.05) is 18.2 Å². The molecule has 0 unspecified atom stereocenters. The van der Waals surface area contributed by atoms with Crippen molar-refractivity contribution in [1.29, 1.82) is 0 Å². The van der Waals surface area contributed by atoms with Gasteiger partial charge in [0.1, 0.15) is 4.88 Å². The molecule has 2 N–H and O–H groups in total. The zero-order valence-electron chi connectivity index (χ0n) is 15.6. The van der Waals surface area contributed by atoms with Gasteiger partial charge < -0.3 is 15.4 Å². The molecular formula is C19H19N5O3S. The highest BCUT2D eigenvalue weighted by Gasteiger charge is 2.18.